The Labute approximate surface area is 67.7 Å². The molecule has 1 rings (SSSR count). The predicted octanol–water partition coefficient (Wildman–Crippen LogP) is 1.27. The van der Waals surface area contributed by atoms with Crippen molar-refractivity contribution in [3.8, 4) is 0 Å². The Hall–Kier alpha value is -0.630. The number of hydrogen-bond donors (Lipinski definition) is 1. The maximum absolute atomic E-state index is 10.2. The van der Waals surface area contributed by atoms with Crippen LogP contribution in [0, 0.1) is 0 Å². The number of carbonyl (C=O) groups excluding carboxylic acids is 1. The van der Waals surface area contributed by atoms with Gasteiger partial charge in [0.25, 0.3) is 0 Å². The van der Waals surface area contributed by atoms with Gasteiger partial charge in [-0.15, -0.1) is 0 Å². The van der Waals surface area contributed by atoms with E-state index in [0.717, 1.165) is 24.8 Å². The van der Waals surface area contributed by atoms with Crippen LogP contribution in [0.4, 0.5) is 0 Å². The van der Waals surface area contributed by atoms with Gasteiger partial charge >= 0.3 is 0 Å². The molecule has 1 aliphatic rings. The van der Waals surface area contributed by atoms with Gasteiger partial charge in [-0.1, -0.05) is 18.6 Å². The average molecular weight is 153 g/mol. The number of aldehydes is 1. The van der Waals surface area contributed by atoms with E-state index >= 15 is 0 Å². The molecule has 0 aliphatic carbocycles. The minimum atomic E-state index is 0.397. The van der Waals surface area contributed by atoms with E-state index in [2.05, 4.69) is 11.9 Å². The Balaban J connectivity index is 2.32. The van der Waals surface area contributed by atoms with Crippen LogP contribution in [0.2, 0.25) is 0 Å². The summed E-state index contributed by atoms with van der Waals surface area (Å²) in [5.41, 5.74) is 1.04. The monoisotopic (exact) mass is 153 g/mol. The number of nitrogens with one attached hydrogen (secondary N) is 1. The molecule has 0 bridgehead atoms. The molecule has 2 nitrogen and oxygen atoms in total. The first-order chi connectivity index (χ1) is 5.34. The van der Waals surface area contributed by atoms with Crippen LogP contribution in [-0.4, -0.2) is 18.9 Å². The summed E-state index contributed by atoms with van der Waals surface area (Å²) in [5, 5.41) is 3.35. The summed E-state index contributed by atoms with van der Waals surface area (Å²) < 4.78 is 0. The first-order valence-corrected chi connectivity index (χ1v) is 4.19. The normalized spacial score (nSPS) is 24.5. The molecule has 1 saturated heterocycles. The minimum absolute atomic E-state index is 0.397. The SMILES string of the molecule is C=C(CC=O)C1CCCCN1. The van der Waals surface area contributed by atoms with Crippen LogP contribution in [0.3, 0.4) is 0 Å². The Kier molecular flexibility index (Phi) is 3.30. The highest BCUT2D eigenvalue weighted by atomic mass is 16.1. The zero-order valence-corrected chi connectivity index (χ0v) is 6.81. The van der Waals surface area contributed by atoms with Crippen molar-refractivity contribution in [3.05, 3.63) is 12.2 Å². The highest BCUT2D eigenvalue weighted by molar-refractivity contribution is 5.54. The van der Waals surface area contributed by atoms with Gasteiger partial charge in [0.05, 0.1) is 0 Å². The Morgan fingerprint density at radius 2 is 2.45 bits per heavy atom. The van der Waals surface area contributed by atoms with Crippen LogP contribution in [0.15, 0.2) is 12.2 Å². The fraction of sp³-hybridized carbons (Fsp3) is 0.667. The molecule has 0 saturated carbocycles. The second-order valence-corrected chi connectivity index (χ2v) is 3.03. The maximum Gasteiger partial charge on any atom is 0.124 e. The van der Waals surface area contributed by atoms with Gasteiger partial charge in [-0.05, 0) is 19.4 Å². The molecule has 0 aromatic carbocycles. The molecular weight excluding hydrogens is 138 g/mol. The van der Waals surface area contributed by atoms with Gasteiger partial charge in [-0.2, -0.15) is 0 Å². The predicted molar refractivity (Wildman–Crippen MR) is 45.5 cm³/mol. The Morgan fingerprint density at radius 3 is 3.00 bits per heavy atom. The lowest BCUT2D eigenvalue weighted by Gasteiger charge is -2.24. The van der Waals surface area contributed by atoms with Crippen molar-refractivity contribution in [2.45, 2.75) is 31.7 Å². The molecule has 1 fully saturated rings. The molecule has 1 unspecified atom stereocenters. The summed E-state index contributed by atoms with van der Waals surface area (Å²) >= 11 is 0. The number of piperidine rings is 1. The minimum Gasteiger partial charge on any atom is -0.310 e. The number of carbonyl (C=O) groups is 1. The molecule has 11 heavy (non-hydrogen) atoms. The van der Waals surface area contributed by atoms with Gasteiger partial charge < -0.3 is 10.1 Å². The topological polar surface area (TPSA) is 29.1 Å². The second-order valence-electron chi connectivity index (χ2n) is 3.03. The molecule has 0 aromatic rings. The van der Waals surface area contributed by atoms with Gasteiger partial charge in [0, 0.05) is 12.5 Å². The standard InChI is InChI=1S/C9H15NO/c1-8(5-7-11)9-4-2-3-6-10-9/h7,9-10H,1-6H2. The largest absolute Gasteiger partial charge is 0.310 e. The Morgan fingerprint density at radius 1 is 1.64 bits per heavy atom. The molecule has 0 radical (unpaired) electrons. The molecule has 0 amide bonds. The van der Waals surface area contributed by atoms with Gasteiger partial charge in [0.1, 0.15) is 6.29 Å². The van der Waals surface area contributed by atoms with E-state index in [0.29, 0.717) is 12.5 Å². The van der Waals surface area contributed by atoms with E-state index in [1.165, 1.54) is 12.8 Å². The fourth-order valence-corrected chi connectivity index (χ4v) is 1.45. The molecule has 1 heterocycles. The highest BCUT2D eigenvalue weighted by Gasteiger charge is 2.14. The summed E-state index contributed by atoms with van der Waals surface area (Å²) in [6, 6.07) is 0.397. The first kappa shape index (κ1) is 8.47. The zero-order chi connectivity index (χ0) is 8.10. The lowest BCUT2D eigenvalue weighted by atomic mass is 9.97. The molecule has 0 spiro atoms. The van der Waals surface area contributed by atoms with Gasteiger partial charge in [-0.25, -0.2) is 0 Å². The molecule has 1 aliphatic heterocycles. The number of hydrogen-bond acceptors (Lipinski definition) is 2. The van der Waals surface area contributed by atoms with E-state index in [4.69, 9.17) is 0 Å². The summed E-state index contributed by atoms with van der Waals surface area (Å²) in [4.78, 5) is 10.2. The third kappa shape index (κ3) is 2.46. The van der Waals surface area contributed by atoms with Crippen molar-refractivity contribution in [2.75, 3.05) is 6.54 Å². The summed E-state index contributed by atoms with van der Waals surface area (Å²) in [6.45, 7) is 4.95. The van der Waals surface area contributed by atoms with E-state index in [9.17, 15) is 4.79 Å². The van der Waals surface area contributed by atoms with Crippen molar-refractivity contribution in [1.82, 2.24) is 5.32 Å². The summed E-state index contributed by atoms with van der Waals surface area (Å²) in [5.74, 6) is 0. The van der Waals surface area contributed by atoms with Crippen LogP contribution >= 0.6 is 0 Å². The number of rotatable bonds is 3. The molecule has 1 atom stereocenters. The molecule has 0 aromatic heterocycles. The highest BCUT2D eigenvalue weighted by Crippen LogP contribution is 2.14. The van der Waals surface area contributed by atoms with Crippen molar-refractivity contribution < 1.29 is 4.79 Å². The third-order valence-electron chi connectivity index (χ3n) is 2.15. The van der Waals surface area contributed by atoms with Crippen molar-refractivity contribution in [2.24, 2.45) is 0 Å². The van der Waals surface area contributed by atoms with Crippen LogP contribution < -0.4 is 5.32 Å². The molecule has 2 heteroatoms. The van der Waals surface area contributed by atoms with Crippen LogP contribution in [0.5, 0.6) is 0 Å². The van der Waals surface area contributed by atoms with E-state index in [1.807, 2.05) is 0 Å². The van der Waals surface area contributed by atoms with E-state index in [-0.39, 0.29) is 0 Å². The van der Waals surface area contributed by atoms with E-state index in [1.54, 1.807) is 0 Å². The quantitative estimate of drug-likeness (QED) is 0.488. The lowest BCUT2D eigenvalue weighted by Crippen LogP contribution is -2.35. The van der Waals surface area contributed by atoms with Crippen LogP contribution in [0.25, 0.3) is 0 Å². The van der Waals surface area contributed by atoms with Crippen molar-refractivity contribution in [1.29, 1.82) is 0 Å². The van der Waals surface area contributed by atoms with E-state index < -0.39 is 0 Å². The average Bonchev–Trinajstić information content (AvgIpc) is 2.07. The molecule has 1 N–H and O–H groups in total. The zero-order valence-electron chi connectivity index (χ0n) is 6.81. The van der Waals surface area contributed by atoms with Crippen LogP contribution in [-0.2, 0) is 4.79 Å². The van der Waals surface area contributed by atoms with Crippen LogP contribution in [0.1, 0.15) is 25.7 Å². The molecule has 62 valence electrons. The first-order valence-electron chi connectivity index (χ1n) is 4.19. The third-order valence-corrected chi connectivity index (χ3v) is 2.15. The van der Waals surface area contributed by atoms with Crippen molar-refractivity contribution >= 4 is 6.29 Å². The Bertz CT molecular complexity index is 148. The second kappa shape index (κ2) is 4.29. The smallest absolute Gasteiger partial charge is 0.124 e. The maximum atomic E-state index is 10.2. The lowest BCUT2D eigenvalue weighted by molar-refractivity contribution is -0.107. The summed E-state index contributed by atoms with van der Waals surface area (Å²) in [7, 11) is 0. The van der Waals surface area contributed by atoms with Gasteiger partial charge in [-0.3, -0.25) is 0 Å². The van der Waals surface area contributed by atoms with Gasteiger partial charge in [0.15, 0.2) is 0 Å². The van der Waals surface area contributed by atoms with Gasteiger partial charge in [0.2, 0.25) is 0 Å². The van der Waals surface area contributed by atoms with Crippen molar-refractivity contribution in [3.63, 3.8) is 0 Å². The molecular formula is C9H15NO. The fourth-order valence-electron chi connectivity index (χ4n) is 1.45. The summed E-state index contributed by atoms with van der Waals surface area (Å²) in [6.07, 6.45) is 5.10.